The molecular formula is C104H89F5N18O7S6. The zero-order chi connectivity index (χ0) is 98.8. The maximum absolute atomic E-state index is 13.7. The number of methoxy groups -OCH3 is 1. The van der Waals surface area contributed by atoms with Crippen LogP contribution in [0.5, 0.6) is 5.75 Å². The van der Waals surface area contributed by atoms with Gasteiger partial charge in [0, 0.05) is 188 Å². The van der Waals surface area contributed by atoms with Crippen LogP contribution in [0.15, 0.2) is 325 Å². The van der Waals surface area contributed by atoms with E-state index in [1.807, 2.05) is 167 Å². The lowest BCUT2D eigenvalue weighted by Crippen LogP contribution is -2.31. The predicted molar refractivity (Wildman–Crippen MR) is 544 cm³/mol. The number of nitrogens with zero attached hydrogens (tertiary/aromatic N) is 18. The maximum atomic E-state index is 13.7. The molecule has 0 fully saturated rings. The SMILES string of the molecule is CCN(C(=O)Cc1ccccc1)c1nc(-c2ccncc2)cs1.CN(C(=O)Cc1ccc(F)cc1)c1nc(-c2ccncc2)cs1.CN(C(=O)Cc1ccc(F)cc1F)c1nc(-c2ccncc2)cs1.CN(C(=O)Cc1ccccc1F)c1nc(-c2ccncc2)cs1.CN(C(=O)Cc1ccccc1F)c1nc(-c2ccncc2)cs1.COc1cccc(CC(=O)N(C)c2nc(-c3ccncc3)cs2)c1. The second-order valence-corrected chi connectivity index (χ2v) is 35.4. The summed E-state index contributed by atoms with van der Waals surface area (Å²) >= 11 is 8.41. The third-order valence-corrected chi connectivity index (χ3v) is 26.3. The first-order chi connectivity index (χ1) is 67.9. The molecule has 0 saturated heterocycles. The first-order valence-electron chi connectivity index (χ1n) is 43.0. The number of benzene rings is 6. The van der Waals surface area contributed by atoms with E-state index in [1.54, 1.807) is 175 Å². The van der Waals surface area contributed by atoms with Gasteiger partial charge in [-0.05, 0) is 156 Å². The van der Waals surface area contributed by atoms with Gasteiger partial charge in [0.1, 0.15) is 34.8 Å². The minimum Gasteiger partial charge on any atom is -0.497 e. The van der Waals surface area contributed by atoms with E-state index in [1.165, 1.54) is 118 Å². The van der Waals surface area contributed by atoms with Gasteiger partial charge in [0.05, 0.1) is 79.8 Å². The Morgan fingerprint density at radius 3 is 0.864 bits per heavy atom. The van der Waals surface area contributed by atoms with Crippen LogP contribution < -0.4 is 34.1 Å². The average molecular weight is 1990 g/mol. The fourth-order valence-corrected chi connectivity index (χ4v) is 18.0. The molecule has 0 aliphatic rings. The number of likely N-dealkylation sites (N-methyl/N-ethyl adjacent to an activating group) is 6. The summed E-state index contributed by atoms with van der Waals surface area (Å²) in [6.07, 6.45) is 21.2. The van der Waals surface area contributed by atoms with Crippen LogP contribution in [-0.2, 0) is 67.3 Å². The standard InChI is InChI=1S/C18H17N3O2S.C18H17N3OS.C17H13F2N3OS.3C17H14FN3OS/c1-21(17(22)11-13-4-3-5-15(10-13)23-2)18-20-16(12-24-18)14-6-8-19-9-7-14;1-2-21(17(22)12-14-6-4-3-5-7-14)18-20-16(13-23-18)15-8-10-19-11-9-15;1-22(16(23)8-12-2-3-13(18)9-14(12)19)17-21-15(10-24-17)11-4-6-20-7-5-11;1-21(16(22)10-12-2-4-14(18)5-3-12)17-20-15(11-23-17)13-6-8-19-9-7-13;2*1-21(16(22)10-13-4-2-3-5-14(13)18)17-20-15(11-23-17)12-6-8-19-9-7-12/h3-10,12H,11H2,1-2H3;3-11,13H,2,12H2,1H3;2-7,9-10H,8H2,1H3;3*2-9,11H,10H2,1H3. The Kier molecular flexibility index (Phi) is 37.0. The molecule has 25 nitrogen and oxygen atoms in total. The molecule has 0 bridgehead atoms. The summed E-state index contributed by atoms with van der Waals surface area (Å²) in [4.78, 5) is 134. The predicted octanol–water partition coefficient (Wildman–Crippen LogP) is 21.6. The molecule has 0 radical (unpaired) electrons. The number of carbonyl (C=O) groups is 6. The van der Waals surface area contributed by atoms with E-state index in [4.69, 9.17) is 4.74 Å². The first kappa shape index (κ1) is 102. The number of ether oxygens (including phenoxy) is 1. The minimum atomic E-state index is -0.728. The monoisotopic (exact) mass is 1990 g/mol. The molecule has 0 N–H and O–H groups in total. The Morgan fingerprint density at radius 2 is 0.543 bits per heavy atom. The van der Waals surface area contributed by atoms with Crippen molar-refractivity contribution in [3.05, 3.63) is 387 Å². The molecule has 36 heteroatoms. The molecule has 0 atom stereocenters. The number of hydrogen-bond acceptors (Lipinski definition) is 25. The van der Waals surface area contributed by atoms with Crippen LogP contribution in [0.25, 0.3) is 67.5 Å². The molecule has 0 unspecified atom stereocenters. The van der Waals surface area contributed by atoms with Gasteiger partial charge in [0.25, 0.3) is 0 Å². The van der Waals surface area contributed by atoms with Gasteiger partial charge in [0.15, 0.2) is 30.8 Å². The molecule has 140 heavy (non-hydrogen) atoms. The Bertz CT molecular complexity index is 6950. The maximum Gasteiger partial charge on any atom is 0.233 e. The Morgan fingerprint density at radius 1 is 0.271 bits per heavy atom. The highest BCUT2D eigenvalue weighted by Crippen LogP contribution is 2.35. The normalized spacial score (nSPS) is 10.5. The number of rotatable bonds is 26. The third kappa shape index (κ3) is 28.9. The highest BCUT2D eigenvalue weighted by molar-refractivity contribution is 7.15. The van der Waals surface area contributed by atoms with E-state index in [-0.39, 0.29) is 84.1 Å². The zero-order valence-corrected chi connectivity index (χ0v) is 81.3. The van der Waals surface area contributed by atoms with Crippen molar-refractivity contribution < 1.29 is 55.5 Å². The van der Waals surface area contributed by atoms with Gasteiger partial charge in [-0.3, -0.25) is 88.1 Å². The van der Waals surface area contributed by atoms with Crippen LogP contribution in [0.3, 0.4) is 0 Å². The smallest absolute Gasteiger partial charge is 0.233 e. The van der Waals surface area contributed by atoms with E-state index in [2.05, 4.69) is 59.8 Å². The summed E-state index contributed by atoms with van der Waals surface area (Å²) in [5.74, 6) is -2.47. The molecule has 6 amide bonds. The number of amides is 6. The highest BCUT2D eigenvalue weighted by Gasteiger charge is 2.25. The molecule has 12 aromatic heterocycles. The molecule has 12 heterocycles. The number of thiazole rings is 6. The highest BCUT2D eigenvalue weighted by atomic mass is 32.1. The second kappa shape index (κ2) is 50.9. The lowest BCUT2D eigenvalue weighted by Gasteiger charge is -2.17. The quantitative estimate of drug-likeness (QED) is 0.0455. The summed E-state index contributed by atoms with van der Waals surface area (Å²) in [6.45, 7) is 2.57. The molecule has 6 aromatic carbocycles. The molecular weight excluding hydrogens is 1900 g/mol. The summed E-state index contributed by atoms with van der Waals surface area (Å²) in [5, 5.41) is 15.2. The third-order valence-electron chi connectivity index (χ3n) is 20.9. The lowest BCUT2D eigenvalue weighted by atomic mass is 10.1. The summed E-state index contributed by atoms with van der Waals surface area (Å²) in [6, 6.07) is 61.5. The molecule has 0 aliphatic heterocycles. The first-order valence-corrected chi connectivity index (χ1v) is 48.3. The van der Waals surface area contributed by atoms with E-state index in [0.29, 0.717) is 56.2 Å². The van der Waals surface area contributed by atoms with E-state index in [0.717, 1.165) is 107 Å². The molecule has 0 saturated carbocycles. The second-order valence-electron chi connectivity index (χ2n) is 30.4. The van der Waals surface area contributed by atoms with Crippen molar-refractivity contribution in [2.75, 3.05) is 78.3 Å². The fraction of sp³-hybridized carbons (Fsp3) is 0.135. The number of aromatic nitrogens is 12. The zero-order valence-electron chi connectivity index (χ0n) is 76.4. The van der Waals surface area contributed by atoms with Crippen LogP contribution in [0, 0.1) is 29.1 Å². The number of carbonyl (C=O) groups excluding carboxylic acids is 6. The van der Waals surface area contributed by atoms with Crippen LogP contribution in [-0.4, -0.2) is 144 Å². The Labute approximate surface area is 828 Å². The van der Waals surface area contributed by atoms with Crippen LogP contribution in [0.2, 0.25) is 0 Å². The van der Waals surface area contributed by atoms with Gasteiger partial charge in [-0.25, -0.2) is 51.9 Å². The summed E-state index contributed by atoms with van der Waals surface area (Å²) in [7, 11) is 9.94. The minimum absolute atomic E-state index is 0.00729. The van der Waals surface area contributed by atoms with E-state index >= 15 is 0 Å². The number of halogens is 5. The largest absolute Gasteiger partial charge is 0.497 e. The van der Waals surface area contributed by atoms with Crippen molar-refractivity contribution >= 4 is 134 Å². The van der Waals surface area contributed by atoms with Gasteiger partial charge in [-0.1, -0.05) is 97.1 Å². The van der Waals surface area contributed by atoms with Gasteiger partial charge in [-0.2, -0.15) is 0 Å². The molecule has 0 spiro atoms. The summed E-state index contributed by atoms with van der Waals surface area (Å²) in [5.41, 5.74) is 14.2. The van der Waals surface area contributed by atoms with Gasteiger partial charge < -0.3 is 4.74 Å². The van der Waals surface area contributed by atoms with Gasteiger partial charge in [0.2, 0.25) is 35.4 Å². The Balaban J connectivity index is 0.000000141. The van der Waals surface area contributed by atoms with Gasteiger partial charge >= 0.3 is 0 Å². The van der Waals surface area contributed by atoms with Crippen molar-refractivity contribution in [1.29, 1.82) is 0 Å². The topological polar surface area (TPSA) is 286 Å². The van der Waals surface area contributed by atoms with Crippen molar-refractivity contribution in [1.82, 2.24) is 59.8 Å². The van der Waals surface area contributed by atoms with E-state index in [9.17, 15) is 50.7 Å². The molecule has 0 aliphatic carbocycles. The van der Waals surface area contributed by atoms with Crippen molar-refractivity contribution in [2.24, 2.45) is 0 Å². The van der Waals surface area contributed by atoms with Crippen molar-refractivity contribution in [2.45, 2.75) is 45.4 Å². The molecule has 708 valence electrons. The summed E-state index contributed by atoms with van der Waals surface area (Å²) < 4.78 is 72.0. The molecule has 18 rings (SSSR count). The van der Waals surface area contributed by atoms with E-state index < -0.39 is 11.6 Å². The van der Waals surface area contributed by atoms with Crippen molar-refractivity contribution in [3.8, 4) is 73.3 Å². The molecule has 18 aromatic rings. The van der Waals surface area contributed by atoms with Gasteiger partial charge in [-0.15, -0.1) is 68.0 Å². The van der Waals surface area contributed by atoms with Crippen molar-refractivity contribution in [3.63, 3.8) is 0 Å². The van der Waals surface area contributed by atoms with Crippen LogP contribution in [0.1, 0.15) is 40.3 Å². The average Bonchev–Trinajstić information content (AvgIpc) is 1.70. The number of hydrogen-bond donors (Lipinski definition) is 0. The van der Waals surface area contributed by atoms with Crippen LogP contribution >= 0.6 is 68.0 Å². The Hall–Kier alpha value is -15.7. The lowest BCUT2D eigenvalue weighted by molar-refractivity contribution is -0.118. The van der Waals surface area contributed by atoms with Crippen LogP contribution in [0.4, 0.5) is 52.7 Å². The number of pyridine rings is 6. The number of anilines is 6. The fourth-order valence-electron chi connectivity index (χ4n) is 13.0.